The van der Waals surface area contributed by atoms with E-state index in [-0.39, 0.29) is 0 Å². The van der Waals surface area contributed by atoms with E-state index in [1.54, 1.807) is 0 Å². The minimum Gasteiger partial charge on any atom is -0.0620 e. The molecule has 130 valence electrons. The summed E-state index contributed by atoms with van der Waals surface area (Å²) in [5.41, 5.74) is 8.00. The molecule has 0 spiro atoms. The molecule has 26 heavy (non-hydrogen) atoms. The summed E-state index contributed by atoms with van der Waals surface area (Å²) in [6.45, 7) is 8.56. The van der Waals surface area contributed by atoms with Gasteiger partial charge in [0.05, 0.1) is 0 Å². The highest BCUT2D eigenvalue weighted by molar-refractivity contribution is 5.83. The molecule has 0 atom stereocenters. The Labute approximate surface area is 157 Å². The monoisotopic (exact) mass is 338 g/mol. The molecule has 0 heteroatoms. The van der Waals surface area contributed by atoms with Crippen molar-refractivity contribution in [3.63, 3.8) is 0 Å². The zero-order valence-electron chi connectivity index (χ0n) is 16.1. The Bertz CT molecular complexity index is 940. The van der Waals surface area contributed by atoms with Crippen LogP contribution < -0.4 is 0 Å². The van der Waals surface area contributed by atoms with Crippen molar-refractivity contribution >= 4 is 10.8 Å². The summed E-state index contributed by atoms with van der Waals surface area (Å²) in [4.78, 5) is 0. The molecule has 0 heterocycles. The molecule has 0 fully saturated rings. The van der Waals surface area contributed by atoms with Crippen LogP contribution in [0.2, 0.25) is 0 Å². The molecule has 4 aromatic carbocycles. The van der Waals surface area contributed by atoms with Crippen molar-refractivity contribution in [1.29, 1.82) is 0 Å². The molecule has 0 nitrogen and oxygen atoms in total. The van der Waals surface area contributed by atoms with Crippen molar-refractivity contribution in [3.8, 4) is 11.1 Å². The molecule has 0 amide bonds. The van der Waals surface area contributed by atoms with Gasteiger partial charge in [0, 0.05) is 0 Å². The summed E-state index contributed by atoms with van der Waals surface area (Å²) < 4.78 is 0. The van der Waals surface area contributed by atoms with Crippen LogP contribution in [0.25, 0.3) is 21.9 Å². The average Bonchev–Trinajstić information content (AvgIpc) is 2.64. The quantitative estimate of drug-likeness (QED) is 0.338. The summed E-state index contributed by atoms with van der Waals surface area (Å²) >= 11 is 0. The number of benzene rings is 4. The van der Waals surface area contributed by atoms with Crippen LogP contribution in [0.5, 0.6) is 0 Å². The van der Waals surface area contributed by atoms with Gasteiger partial charge in [0.15, 0.2) is 0 Å². The van der Waals surface area contributed by atoms with Crippen LogP contribution in [-0.2, 0) is 0 Å². The molecule has 4 rings (SSSR count). The minimum absolute atomic E-state index is 1.33. The average molecular weight is 338 g/mol. The normalized spacial score (nSPS) is 10.3. The van der Waals surface area contributed by atoms with Gasteiger partial charge in [0.1, 0.15) is 0 Å². The first-order valence-corrected chi connectivity index (χ1v) is 9.13. The third-order valence-electron chi connectivity index (χ3n) is 4.73. The van der Waals surface area contributed by atoms with Crippen LogP contribution in [0.3, 0.4) is 0 Å². The molecular weight excluding hydrogens is 312 g/mol. The first-order chi connectivity index (χ1) is 12.5. The lowest BCUT2D eigenvalue weighted by atomic mass is 9.97. The number of rotatable bonds is 1. The van der Waals surface area contributed by atoms with Crippen LogP contribution in [0.4, 0.5) is 0 Å². The standard InChI is InChI=1S/C14H14.C12H12/c1-11-7-3-5-9-13(11)14-10-6-4-8-12(14)2;1-9-3-5-12-8-10(2)4-6-11(12)7-9/h3-10H,1-2H3;3-8H,1-2H3. The first-order valence-electron chi connectivity index (χ1n) is 9.13. The Hall–Kier alpha value is -2.86. The Morgan fingerprint density at radius 2 is 0.808 bits per heavy atom. The second-order valence-corrected chi connectivity index (χ2v) is 6.98. The Morgan fingerprint density at radius 3 is 1.19 bits per heavy atom. The third kappa shape index (κ3) is 4.21. The number of hydrogen-bond donors (Lipinski definition) is 0. The van der Waals surface area contributed by atoms with Crippen molar-refractivity contribution in [2.75, 3.05) is 0 Å². The molecule has 0 N–H and O–H groups in total. The largest absolute Gasteiger partial charge is 0.0620 e. The molecule has 0 saturated heterocycles. The van der Waals surface area contributed by atoms with Gasteiger partial charge in [-0.3, -0.25) is 0 Å². The molecule has 4 aromatic rings. The molecule has 0 bridgehead atoms. The predicted molar refractivity (Wildman–Crippen MR) is 115 cm³/mol. The number of fused-ring (bicyclic) bond motifs is 1. The van der Waals surface area contributed by atoms with E-state index >= 15 is 0 Å². The molecule has 0 aliphatic rings. The zero-order valence-corrected chi connectivity index (χ0v) is 16.1. The Morgan fingerprint density at radius 1 is 0.423 bits per heavy atom. The van der Waals surface area contributed by atoms with Gasteiger partial charge >= 0.3 is 0 Å². The summed E-state index contributed by atoms with van der Waals surface area (Å²) in [5, 5.41) is 2.67. The lowest BCUT2D eigenvalue weighted by Crippen LogP contribution is -1.85. The summed E-state index contributed by atoms with van der Waals surface area (Å²) in [7, 11) is 0. The van der Waals surface area contributed by atoms with Gasteiger partial charge in [-0.25, -0.2) is 0 Å². The lowest BCUT2D eigenvalue weighted by molar-refractivity contribution is 1.41. The van der Waals surface area contributed by atoms with Crippen LogP contribution in [-0.4, -0.2) is 0 Å². The smallest absolute Gasteiger partial charge is 0.0152 e. The third-order valence-corrected chi connectivity index (χ3v) is 4.73. The van der Waals surface area contributed by atoms with E-state index in [0.29, 0.717) is 0 Å². The summed E-state index contributed by atoms with van der Waals surface area (Å²) in [6.07, 6.45) is 0. The first kappa shape index (κ1) is 17.9. The molecule has 0 aliphatic heterocycles. The summed E-state index contributed by atoms with van der Waals surface area (Å²) in [5.74, 6) is 0. The highest BCUT2D eigenvalue weighted by Crippen LogP contribution is 2.25. The van der Waals surface area contributed by atoms with E-state index in [9.17, 15) is 0 Å². The maximum atomic E-state index is 2.22. The fourth-order valence-electron chi connectivity index (χ4n) is 3.23. The van der Waals surface area contributed by atoms with E-state index in [2.05, 4.69) is 113 Å². The van der Waals surface area contributed by atoms with Gasteiger partial charge in [-0.1, -0.05) is 96.1 Å². The molecule has 0 radical (unpaired) electrons. The van der Waals surface area contributed by atoms with Crippen molar-refractivity contribution < 1.29 is 0 Å². The number of aryl methyl sites for hydroxylation is 4. The van der Waals surface area contributed by atoms with Crippen molar-refractivity contribution in [3.05, 3.63) is 107 Å². The lowest BCUT2D eigenvalue weighted by Gasteiger charge is -2.08. The highest BCUT2D eigenvalue weighted by atomic mass is 14.1. The fourth-order valence-corrected chi connectivity index (χ4v) is 3.23. The topological polar surface area (TPSA) is 0 Å². The van der Waals surface area contributed by atoms with Crippen molar-refractivity contribution in [1.82, 2.24) is 0 Å². The van der Waals surface area contributed by atoms with Gasteiger partial charge in [0.2, 0.25) is 0 Å². The highest BCUT2D eigenvalue weighted by Gasteiger charge is 2.02. The maximum Gasteiger partial charge on any atom is -0.0152 e. The van der Waals surface area contributed by atoms with E-state index < -0.39 is 0 Å². The van der Waals surface area contributed by atoms with Gasteiger partial charge in [-0.2, -0.15) is 0 Å². The molecule has 0 aliphatic carbocycles. The van der Waals surface area contributed by atoms with E-state index in [1.165, 1.54) is 44.2 Å². The number of hydrogen-bond acceptors (Lipinski definition) is 0. The Kier molecular flexibility index (Phi) is 5.53. The maximum absolute atomic E-state index is 2.22. The second-order valence-electron chi connectivity index (χ2n) is 6.98. The second kappa shape index (κ2) is 8.01. The van der Waals surface area contributed by atoms with Crippen LogP contribution in [0.15, 0.2) is 84.9 Å². The molecule has 0 saturated carbocycles. The van der Waals surface area contributed by atoms with E-state index in [0.717, 1.165) is 0 Å². The SMILES string of the molecule is Cc1ccc2cc(C)ccc2c1.Cc1ccccc1-c1ccccc1C. The summed E-state index contributed by atoms with van der Waals surface area (Å²) in [6, 6.07) is 30.1. The fraction of sp³-hybridized carbons (Fsp3) is 0.154. The molecular formula is C26H26. The molecule has 0 aromatic heterocycles. The van der Waals surface area contributed by atoms with E-state index in [4.69, 9.17) is 0 Å². The predicted octanol–water partition coefficient (Wildman–Crippen LogP) is 7.43. The zero-order chi connectivity index (χ0) is 18.5. The molecule has 0 unspecified atom stereocenters. The van der Waals surface area contributed by atoms with Crippen molar-refractivity contribution in [2.24, 2.45) is 0 Å². The van der Waals surface area contributed by atoms with Gasteiger partial charge in [-0.05, 0) is 60.7 Å². The minimum atomic E-state index is 1.33. The van der Waals surface area contributed by atoms with Crippen LogP contribution in [0.1, 0.15) is 22.3 Å². The van der Waals surface area contributed by atoms with Crippen LogP contribution >= 0.6 is 0 Å². The van der Waals surface area contributed by atoms with E-state index in [1.807, 2.05) is 0 Å². The van der Waals surface area contributed by atoms with Crippen LogP contribution in [0, 0.1) is 27.7 Å². The van der Waals surface area contributed by atoms with Gasteiger partial charge < -0.3 is 0 Å². The van der Waals surface area contributed by atoms with Crippen molar-refractivity contribution in [2.45, 2.75) is 27.7 Å². The van der Waals surface area contributed by atoms with Gasteiger partial charge in [0.25, 0.3) is 0 Å². The Balaban J connectivity index is 0.000000152. The van der Waals surface area contributed by atoms with Gasteiger partial charge in [-0.15, -0.1) is 0 Å².